The van der Waals surface area contributed by atoms with E-state index in [2.05, 4.69) is 5.32 Å². The van der Waals surface area contributed by atoms with Crippen LogP contribution in [-0.2, 0) is 11.0 Å². The molecule has 2 heterocycles. The van der Waals surface area contributed by atoms with Gasteiger partial charge in [0.2, 0.25) is 0 Å². The van der Waals surface area contributed by atoms with Crippen molar-refractivity contribution in [1.29, 1.82) is 5.26 Å². The molecule has 172 valence electrons. The number of anilines is 3. The minimum atomic E-state index is -4.77. The highest BCUT2D eigenvalue weighted by Gasteiger charge is 2.51. The van der Waals surface area contributed by atoms with Crippen LogP contribution in [0.25, 0.3) is 0 Å². The van der Waals surface area contributed by atoms with Gasteiger partial charge >= 0.3 is 6.18 Å². The van der Waals surface area contributed by atoms with Crippen molar-refractivity contribution >= 4 is 40.3 Å². The first kappa shape index (κ1) is 22.8. The largest absolute Gasteiger partial charge is 0.484 e. The van der Waals surface area contributed by atoms with Gasteiger partial charge in [-0.25, -0.2) is 0 Å². The van der Waals surface area contributed by atoms with E-state index in [0.717, 1.165) is 17.0 Å². The third-order valence-electron chi connectivity index (χ3n) is 5.59. The standard InChI is InChI=1S/C22H19F3N4O3S/c1-21(2)19(31)28(13-4-3-12(9-26)16(7-13)22(23,24)25)20(33)29(21)14-5-6-18-17(8-14)27-10-15(11-30)32-18/h3-8,15,27,30H,10-11H2,1-2H3/t15-/m1/s1. The van der Waals surface area contributed by atoms with Crippen LogP contribution in [0, 0.1) is 11.3 Å². The van der Waals surface area contributed by atoms with Gasteiger partial charge in [0, 0.05) is 5.69 Å². The highest BCUT2D eigenvalue weighted by atomic mass is 32.1. The molecule has 0 saturated carbocycles. The quantitative estimate of drug-likeness (QED) is 0.654. The summed E-state index contributed by atoms with van der Waals surface area (Å²) in [6.45, 7) is 3.49. The van der Waals surface area contributed by atoms with Crippen LogP contribution in [0.4, 0.5) is 30.2 Å². The zero-order valence-corrected chi connectivity index (χ0v) is 18.4. The molecule has 2 aliphatic heterocycles. The predicted octanol–water partition coefficient (Wildman–Crippen LogP) is 3.66. The molecule has 0 bridgehead atoms. The molecule has 1 saturated heterocycles. The second-order valence-corrected chi connectivity index (χ2v) is 8.51. The molecule has 1 atom stereocenters. The smallest absolute Gasteiger partial charge is 0.417 e. The first-order chi connectivity index (χ1) is 15.5. The van der Waals surface area contributed by atoms with Crippen LogP contribution in [0.1, 0.15) is 25.0 Å². The van der Waals surface area contributed by atoms with Crippen molar-refractivity contribution in [2.45, 2.75) is 31.7 Å². The summed E-state index contributed by atoms with van der Waals surface area (Å²) < 4.78 is 46.1. The molecule has 11 heteroatoms. The number of benzene rings is 2. The Morgan fingerprint density at radius 2 is 1.97 bits per heavy atom. The van der Waals surface area contributed by atoms with Crippen LogP contribution in [0.5, 0.6) is 5.75 Å². The Morgan fingerprint density at radius 1 is 1.27 bits per heavy atom. The third kappa shape index (κ3) is 3.75. The Bertz CT molecular complexity index is 1190. The number of thiocarbonyl (C=S) groups is 1. The highest BCUT2D eigenvalue weighted by Crippen LogP contribution is 2.41. The van der Waals surface area contributed by atoms with E-state index >= 15 is 0 Å². The molecule has 0 aromatic heterocycles. The Balaban J connectivity index is 1.74. The van der Waals surface area contributed by atoms with Gasteiger partial charge < -0.3 is 20.1 Å². The van der Waals surface area contributed by atoms with Crippen molar-refractivity contribution < 1.29 is 27.8 Å². The minimum absolute atomic E-state index is 0.00717. The molecule has 2 N–H and O–H groups in total. The zero-order valence-electron chi connectivity index (χ0n) is 17.6. The summed E-state index contributed by atoms with van der Waals surface area (Å²) in [7, 11) is 0. The number of ether oxygens (including phenoxy) is 1. The fraction of sp³-hybridized carbons (Fsp3) is 0.318. The number of amides is 1. The second kappa shape index (κ2) is 7.90. The van der Waals surface area contributed by atoms with Gasteiger partial charge in [0.15, 0.2) is 5.11 Å². The summed E-state index contributed by atoms with van der Waals surface area (Å²) in [4.78, 5) is 15.9. The highest BCUT2D eigenvalue weighted by molar-refractivity contribution is 7.81. The number of fused-ring (bicyclic) bond motifs is 1. The number of aliphatic hydroxyl groups excluding tert-OH is 1. The van der Waals surface area contributed by atoms with Crippen molar-refractivity contribution in [1.82, 2.24) is 0 Å². The van der Waals surface area contributed by atoms with Crippen LogP contribution >= 0.6 is 12.2 Å². The molecule has 33 heavy (non-hydrogen) atoms. The molecule has 0 spiro atoms. The maximum Gasteiger partial charge on any atom is 0.417 e. The normalized spacial score (nSPS) is 19.6. The number of nitrogens with zero attached hydrogens (tertiary/aromatic N) is 3. The van der Waals surface area contributed by atoms with E-state index in [4.69, 9.17) is 22.2 Å². The predicted molar refractivity (Wildman–Crippen MR) is 119 cm³/mol. The lowest BCUT2D eigenvalue weighted by Gasteiger charge is -2.32. The lowest BCUT2D eigenvalue weighted by molar-refractivity contribution is -0.137. The first-order valence-electron chi connectivity index (χ1n) is 9.94. The molecule has 2 aromatic carbocycles. The molecule has 0 radical (unpaired) electrons. The lowest BCUT2D eigenvalue weighted by atomic mass is 10.0. The molecule has 0 unspecified atom stereocenters. The number of rotatable bonds is 3. The maximum atomic E-state index is 13.5. The van der Waals surface area contributed by atoms with Crippen molar-refractivity contribution in [3.63, 3.8) is 0 Å². The number of nitrogens with one attached hydrogen (secondary N) is 1. The van der Waals surface area contributed by atoms with Crippen molar-refractivity contribution in [3.8, 4) is 11.8 Å². The zero-order chi connectivity index (χ0) is 24.1. The molecule has 2 aliphatic rings. The van der Waals surface area contributed by atoms with Crippen LogP contribution in [-0.4, -0.2) is 40.9 Å². The van der Waals surface area contributed by atoms with E-state index in [0.29, 0.717) is 23.7 Å². The van der Waals surface area contributed by atoms with Gasteiger partial charge in [-0.15, -0.1) is 0 Å². The van der Waals surface area contributed by atoms with Gasteiger partial charge in [-0.1, -0.05) is 0 Å². The van der Waals surface area contributed by atoms with E-state index in [9.17, 15) is 23.1 Å². The summed E-state index contributed by atoms with van der Waals surface area (Å²) in [6.07, 6.45) is -5.15. The molecule has 0 aliphatic carbocycles. The molecule has 1 fully saturated rings. The number of halogens is 3. The summed E-state index contributed by atoms with van der Waals surface area (Å²) in [6, 6.07) is 9.68. The number of alkyl halides is 3. The molecule has 2 aromatic rings. The number of nitriles is 1. The molecule has 7 nitrogen and oxygen atoms in total. The van der Waals surface area contributed by atoms with E-state index in [1.807, 2.05) is 0 Å². The maximum absolute atomic E-state index is 13.5. The van der Waals surface area contributed by atoms with Gasteiger partial charge in [-0.2, -0.15) is 18.4 Å². The number of carbonyl (C=O) groups is 1. The Kier molecular flexibility index (Phi) is 5.46. The molecular weight excluding hydrogens is 457 g/mol. The molecule has 1 amide bonds. The monoisotopic (exact) mass is 476 g/mol. The first-order valence-corrected chi connectivity index (χ1v) is 10.4. The van der Waals surface area contributed by atoms with Crippen molar-refractivity contribution in [3.05, 3.63) is 47.5 Å². The van der Waals surface area contributed by atoms with Crippen LogP contribution in [0.15, 0.2) is 36.4 Å². The molecular formula is C22H19F3N4O3S. The molecule has 4 rings (SSSR count). The number of carbonyl (C=O) groups excluding carboxylic acids is 1. The van der Waals surface area contributed by atoms with Gasteiger partial charge in [0.25, 0.3) is 5.91 Å². The summed E-state index contributed by atoms with van der Waals surface area (Å²) in [5.74, 6) is 0.0182. The average Bonchev–Trinajstić information content (AvgIpc) is 2.95. The minimum Gasteiger partial charge on any atom is -0.484 e. The van der Waals surface area contributed by atoms with Crippen LogP contribution in [0.3, 0.4) is 0 Å². The van der Waals surface area contributed by atoms with Crippen LogP contribution in [0.2, 0.25) is 0 Å². The van der Waals surface area contributed by atoms with Crippen molar-refractivity contribution in [2.75, 3.05) is 28.3 Å². The number of hydrogen-bond donors (Lipinski definition) is 2. The van der Waals surface area contributed by atoms with E-state index < -0.39 is 28.7 Å². The van der Waals surface area contributed by atoms with Gasteiger partial charge in [-0.3, -0.25) is 9.69 Å². The fourth-order valence-corrected chi connectivity index (χ4v) is 4.43. The number of hydrogen-bond acceptors (Lipinski definition) is 6. The van der Waals surface area contributed by atoms with Gasteiger partial charge in [0.05, 0.1) is 41.7 Å². The Morgan fingerprint density at radius 3 is 2.61 bits per heavy atom. The SMILES string of the molecule is CC1(C)C(=O)N(c2ccc(C#N)c(C(F)(F)F)c2)C(=S)N1c1ccc2c(c1)NC[C@H](CO)O2. The second-order valence-electron chi connectivity index (χ2n) is 8.14. The lowest BCUT2D eigenvalue weighted by Crippen LogP contribution is -2.44. The van der Waals surface area contributed by atoms with Gasteiger partial charge in [0.1, 0.15) is 17.4 Å². The fourth-order valence-electron chi connectivity index (χ4n) is 3.90. The third-order valence-corrected chi connectivity index (χ3v) is 5.96. The van der Waals surface area contributed by atoms with E-state index in [-0.39, 0.29) is 23.5 Å². The summed E-state index contributed by atoms with van der Waals surface area (Å²) in [5.41, 5.74) is -1.76. The summed E-state index contributed by atoms with van der Waals surface area (Å²) >= 11 is 5.54. The van der Waals surface area contributed by atoms with E-state index in [1.54, 1.807) is 36.9 Å². The van der Waals surface area contributed by atoms with Gasteiger partial charge in [-0.05, 0) is 62.5 Å². The Hall–Kier alpha value is -3.36. The van der Waals surface area contributed by atoms with Crippen LogP contribution < -0.4 is 19.9 Å². The summed E-state index contributed by atoms with van der Waals surface area (Å²) in [5, 5.41) is 21.5. The number of aliphatic hydroxyl groups is 1. The topological polar surface area (TPSA) is 88.8 Å². The Labute approximate surface area is 193 Å². The average molecular weight is 476 g/mol. The van der Waals surface area contributed by atoms with Crippen molar-refractivity contribution in [2.24, 2.45) is 0 Å². The van der Waals surface area contributed by atoms with E-state index in [1.165, 1.54) is 12.1 Å².